The fourth-order valence-corrected chi connectivity index (χ4v) is 5.68. The van der Waals surface area contributed by atoms with Gasteiger partial charge in [-0.1, -0.05) is 62.4 Å². The van der Waals surface area contributed by atoms with Crippen LogP contribution in [0.25, 0.3) is 11.1 Å². The maximum absolute atomic E-state index is 13.2. The van der Waals surface area contributed by atoms with Gasteiger partial charge in [0.1, 0.15) is 12.6 Å². The number of carboxylic acids is 1. The van der Waals surface area contributed by atoms with Gasteiger partial charge in [-0.2, -0.15) is 0 Å². The van der Waals surface area contributed by atoms with Crippen molar-refractivity contribution < 1.29 is 24.2 Å². The number of alkyl carbamates (subject to hydrolysis) is 1. The van der Waals surface area contributed by atoms with Gasteiger partial charge in [-0.3, -0.25) is 9.59 Å². The third-order valence-electron chi connectivity index (χ3n) is 7.52. The maximum atomic E-state index is 13.2. The van der Waals surface area contributed by atoms with Crippen LogP contribution in [0, 0.1) is 17.3 Å². The van der Waals surface area contributed by atoms with E-state index < -0.39 is 23.5 Å². The van der Waals surface area contributed by atoms with E-state index in [0.29, 0.717) is 19.4 Å². The van der Waals surface area contributed by atoms with Gasteiger partial charge in [-0.05, 0) is 46.9 Å². The van der Waals surface area contributed by atoms with Gasteiger partial charge in [-0.25, -0.2) is 4.79 Å². The zero-order chi connectivity index (χ0) is 24.0. The molecule has 0 bridgehead atoms. The minimum atomic E-state index is -0.835. The average Bonchev–Trinajstić information content (AvgIpc) is 3.24. The van der Waals surface area contributed by atoms with Gasteiger partial charge in [-0.15, -0.1) is 0 Å². The second kappa shape index (κ2) is 8.46. The molecule has 2 unspecified atom stereocenters. The summed E-state index contributed by atoms with van der Waals surface area (Å²) in [6.07, 6.45) is 0.462. The molecule has 2 fully saturated rings. The van der Waals surface area contributed by atoms with E-state index in [2.05, 4.69) is 29.6 Å². The molecule has 178 valence electrons. The number of nitrogens with one attached hydrogen (secondary N) is 1. The number of hydrogen-bond acceptors (Lipinski definition) is 4. The normalized spacial score (nSPS) is 23.1. The fraction of sp³-hybridized carbons (Fsp3) is 0.444. The van der Waals surface area contributed by atoms with E-state index in [4.69, 9.17) is 4.74 Å². The van der Waals surface area contributed by atoms with Crippen LogP contribution in [0.15, 0.2) is 48.5 Å². The summed E-state index contributed by atoms with van der Waals surface area (Å²) in [5, 5.41) is 12.3. The van der Waals surface area contributed by atoms with Crippen molar-refractivity contribution in [3.63, 3.8) is 0 Å². The third kappa shape index (κ3) is 3.83. The van der Waals surface area contributed by atoms with Crippen molar-refractivity contribution in [3.05, 3.63) is 59.7 Å². The number of aliphatic carboxylic acids is 1. The van der Waals surface area contributed by atoms with Crippen molar-refractivity contribution in [1.29, 1.82) is 0 Å². The molecule has 1 aliphatic heterocycles. The molecule has 0 spiro atoms. The van der Waals surface area contributed by atoms with E-state index in [0.717, 1.165) is 22.3 Å². The number of piperidine rings is 1. The predicted molar refractivity (Wildman–Crippen MR) is 126 cm³/mol. The Balaban J connectivity index is 1.24. The molecule has 5 rings (SSSR count). The first-order valence-electron chi connectivity index (χ1n) is 11.9. The highest BCUT2D eigenvalue weighted by Crippen LogP contribution is 2.58. The number of carbonyl (C=O) groups is 3. The number of amides is 2. The first kappa shape index (κ1) is 22.4. The lowest BCUT2D eigenvalue weighted by Gasteiger charge is -2.27. The van der Waals surface area contributed by atoms with Gasteiger partial charge < -0.3 is 20.1 Å². The van der Waals surface area contributed by atoms with Crippen LogP contribution in [-0.4, -0.2) is 53.7 Å². The molecule has 2 aromatic rings. The van der Waals surface area contributed by atoms with E-state index >= 15 is 0 Å². The van der Waals surface area contributed by atoms with Gasteiger partial charge in [0, 0.05) is 19.0 Å². The number of likely N-dealkylation sites (tertiary alicyclic amines) is 1. The van der Waals surface area contributed by atoms with E-state index in [1.54, 1.807) is 4.90 Å². The molecule has 7 heteroatoms. The van der Waals surface area contributed by atoms with Crippen LogP contribution in [0.3, 0.4) is 0 Å². The van der Waals surface area contributed by atoms with E-state index in [9.17, 15) is 19.5 Å². The van der Waals surface area contributed by atoms with Crippen LogP contribution in [0.5, 0.6) is 0 Å². The monoisotopic (exact) mass is 462 g/mol. The number of fused-ring (bicyclic) bond motifs is 4. The summed E-state index contributed by atoms with van der Waals surface area (Å²) < 4.78 is 5.64. The van der Waals surface area contributed by atoms with Crippen molar-refractivity contribution in [3.8, 4) is 11.1 Å². The largest absolute Gasteiger partial charge is 0.481 e. The first-order valence-corrected chi connectivity index (χ1v) is 11.9. The molecule has 3 aliphatic rings. The van der Waals surface area contributed by atoms with Crippen molar-refractivity contribution in [2.45, 2.75) is 38.6 Å². The molecule has 1 saturated heterocycles. The van der Waals surface area contributed by atoms with Crippen LogP contribution in [0.1, 0.15) is 43.7 Å². The SMILES string of the molecule is CC(C)C[C@@H](NC(=O)OCC1c2ccccc2-c2ccccc21)C(=O)N1CC2CC2(C(=O)O)C1. The van der Waals surface area contributed by atoms with Gasteiger partial charge in [0.15, 0.2) is 0 Å². The molecule has 3 atom stereocenters. The highest BCUT2D eigenvalue weighted by Gasteiger charge is 2.66. The maximum Gasteiger partial charge on any atom is 0.407 e. The molecule has 2 N–H and O–H groups in total. The van der Waals surface area contributed by atoms with Crippen molar-refractivity contribution >= 4 is 18.0 Å². The van der Waals surface area contributed by atoms with Gasteiger partial charge in [0.25, 0.3) is 0 Å². The lowest BCUT2D eigenvalue weighted by molar-refractivity contribution is -0.144. The number of carboxylic acid groups (broad SMARTS) is 1. The molecular formula is C27H30N2O5. The summed E-state index contributed by atoms with van der Waals surface area (Å²) in [7, 11) is 0. The molecule has 0 aromatic heterocycles. The van der Waals surface area contributed by atoms with Gasteiger partial charge in [0.2, 0.25) is 5.91 Å². The smallest absolute Gasteiger partial charge is 0.407 e. The van der Waals surface area contributed by atoms with Crippen LogP contribution in [0.4, 0.5) is 4.79 Å². The minimum Gasteiger partial charge on any atom is -0.481 e. The summed E-state index contributed by atoms with van der Waals surface area (Å²) in [6, 6.07) is 15.5. The summed E-state index contributed by atoms with van der Waals surface area (Å²) >= 11 is 0. The fourth-order valence-electron chi connectivity index (χ4n) is 5.68. The number of ether oxygens (including phenoxy) is 1. The molecule has 34 heavy (non-hydrogen) atoms. The topological polar surface area (TPSA) is 95.9 Å². The van der Waals surface area contributed by atoms with Crippen LogP contribution >= 0.6 is 0 Å². The van der Waals surface area contributed by atoms with Gasteiger partial charge in [0.05, 0.1) is 5.41 Å². The molecular weight excluding hydrogens is 432 g/mol. The summed E-state index contributed by atoms with van der Waals surface area (Å²) in [5.74, 6) is -0.928. The molecule has 1 saturated carbocycles. The highest BCUT2D eigenvalue weighted by atomic mass is 16.5. The Bertz CT molecular complexity index is 1100. The molecule has 0 radical (unpaired) electrons. The highest BCUT2D eigenvalue weighted by molar-refractivity contribution is 5.88. The Labute approximate surface area is 199 Å². The van der Waals surface area contributed by atoms with Gasteiger partial charge >= 0.3 is 12.1 Å². The van der Waals surface area contributed by atoms with E-state index in [1.807, 2.05) is 38.1 Å². The molecule has 7 nitrogen and oxygen atoms in total. The number of benzene rings is 2. The Morgan fingerprint density at radius 1 is 1.09 bits per heavy atom. The standard InChI is InChI=1S/C27H30N2O5/c1-16(2)11-23(24(30)29-13-17-12-27(17,15-29)25(31)32)28-26(33)34-14-22-20-9-5-3-7-18(20)19-8-4-6-10-21(19)22/h3-10,16-17,22-23H,11-15H2,1-2H3,(H,28,33)(H,31,32)/t17?,23-,27?/m1/s1. The zero-order valence-electron chi connectivity index (χ0n) is 19.5. The van der Waals surface area contributed by atoms with Crippen molar-refractivity contribution in [1.82, 2.24) is 10.2 Å². The third-order valence-corrected chi connectivity index (χ3v) is 7.52. The summed E-state index contributed by atoms with van der Waals surface area (Å²) in [4.78, 5) is 39.2. The Morgan fingerprint density at radius 3 is 2.26 bits per heavy atom. The second-order valence-corrected chi connectivity index (χ2v) is 10.2. The molecule has 2 aliphatic carbocycles. The number of hydrogen-bond donors (Lipinski definition) is 2. The average molecular weight is 463 g/mol. The second-order valence-electron chi connectivity index (χ2n) is 10.2. The molecule has 2 aromatic carbocycles. The number of nitrogens with zero attached hydrogens (tertiary/aromatic N) is 1. The first-order chi connectivity index (χ1) is 16.3. The van der Waals surface area contributed by atoms with E-state index in [-0.39, 0.29) is 36.8 Å². The minimum absolute atomic E-state index is 0.0168. The van der Waals surface area contributed by atoms with Crippen molar-refractivity contribution in [2.24, 2.45) is 17.3 Å². The zero-order valence-corrected chi connectivity index (χ0v) is 19.5. The lowest BCUT2D eigenvalue weighted by Crippen LogP contribution is -2.49. The predicted octanol–water partition coefficient (Wildman–Crippen LogP) is 3.87. The van der Waals surface area contributed by atoms with Crippen LogP contribution in [-0.2, 0) is 14.3 Å². The molecule has 1 heterocycles. The van der Waals surface area contributed by atoms with Crippen molar-refractivity contribution in [2.75, 3.05) is 19.7 Å². The Kier molecular flexibility index (Phi) is 5.58. The Hall–Kier alpha value is -3.35. The van der Waals surface area contributed by atoms with E-state index in [1.165, 1.54) is 0 Å². The molecule has 2 amide bonds. The van der Waals surface area contributed by atoms with Crippen LogP contribution < -0.4 is 5.32 Å². The van der Waals surface area contributed by atoms with Crippen LogP contribution in [0.2, 0.25) is 0 Å². The summed E-state index contributed by atoms with van der Waals surface area (Å²) in [5.41, 5.74) is 3.77. The number of carbonyl (C=O) groups excluding carboxylic acids is 2. The lowest BCUT2D eigenvalue weighted by atomic mass is 9.98. The number of rotatable bonds is 7. The summed E-state index contributed by atoms with van der Waals surface area (Å²) in [6.45, 7) is 4.80. The quantitative estimate of drug-likeness (QED) is 0.651. The Morgan fingerprint density at radius 2 is 1.71 bits per heavy atom.